The van der Waals surface area contributed by atoms with Crippen molar-refractivity contribution in [3.8, 4) is 0 Å². The number of aliphatic hydroxyl groups is 1. The molecule has 0 aromatic heterocycles. The summed E-state index contributed by atoms with van der Waals surface area (Å²) < 4.78 is 25.9. The van der Waals surface area contributed by atoms with Gasteiger partial charge in [-0.3, -0.25) is 9.00 Å². The van der Waals surface area contributed by atoms with E-state index in [0.717, 1.165) is 0 Å². The van der Waals surface area contributed by atoms with Gasteiger partial charge in [0.25, 0.3) is 0 Å². The number of hydrogen-bond donors (Lipinski definition) is 2. The van der Waals surface area contributed by atoms with E-state index in [4.69, 9.17) is 16.7 Å². The van der Waals surface area contributed by atoms with Crippen molar-refractivity contribution in [3.63, 3.8) is 0 Å². The molecular formula is C21H18ClFO4S. The van der Waals surface area contributed by atoms with Crippen molar-refractivity contribution in [2.45, 2.75) is 17.4 Å². The van der Waals surface area contributed by atoms with Crippen molar-refractivity contribution >= 4 is 43.7 Å². The lowest BCUT2D eigenvalue weighted by atomic mass is 9.93. The van der Waals surface area contributed by atoms with Crippen molar-refractivity contribution in [2.75, 3.05) is 6.26 Å². The molecular weight excluding hydrogens is 403 g/mol. The molecule has 2 N–H and O–H groups in total. The van der Waals surface area contributed by atoms with Crippen LogP contribution in [0.5, 0.6) is 0 Å². The van der Waals surface area contributed by atoms with Crippen LogP contribution < -0.4 is 0 Å². The third kappa shape index (κ3) is 4.19. The van der Waals surface area contributed by atoms with Gasteiger partial charge in [-0.1, -0.05) is 35.9 Å². The van der Waals surface area contributed by atoms with Gasteiger partial charge in [-0.15, -0.1) is 0 Å². The molecule has 3 aromatic rings. The predicted octanol–water partition coefficient (Wildman–Crippen LogP) is 4.05. The van der Waals surface area contributed by atoms with Gasteiger partial charge in [-0.25, -0.2) is 4.39 Å². The van der Waals surface area contributed by atoms with E-state index in [1.165, 1.54) is 36.6 Å². The molecule has 4 nitrogen and oxygen atoms in total. The van der Waals surface area contributed by atoms with Gasteiger partial charge in [0.1, 0.15) is 11.9 Å². The van der Waals surface area contributed by atoms with Crippen LogP contribution >= 0.6 is 11.6 Å². The number of halogens is 2. The average Bonchev–Trinajstić information content (AvgIpc) is 2.59. The van der Waals surface area contributed by atoms with Gasteiger partial charge in [-0.05, 0) is 61.6 Å². The van der Waals surface area contributed by atoms with Crippen LogP contribution in [0.3, 0.4) is 0 Å². The standard InChI is InChI=1S/C21H18ClFO4S/c1-28(2,27)15-5-6-16(19(22)11-15)21(26)18-8-12(9-20(24)25)7-13-3-4-14(23)10-17(13)18/h3-8,10-11,21,26H,1,9H2,2H3,(H,24,25). The summed E-state index contributed by atoms with van der Waals surface area (Å²) in [5, 5.41) is 21.3. The maximum absolute atomic E-state index is 13.8. The summed E-state index contributed by atoms with van der Waals surface area (Å²) >= 11 is 6.31. The van der Waals surface area contributed by atoms with Crippen LogP contribution in [-0.2, 0) is 20.7 Å². The minimum absolute atomic E-state index is 0.191. The molecule has 0 heterocycles. The molecule has 146 valence electrons. The van der Waals surface area contributed by atoms with E-state index in [9.17, 15) is 18.5 Å². The second-order valence-electron chi connectivity index (χ2n) is 6.71. The summed E-state index contributed by atoms with van der Waals surface area (Å²) in [5.41, 5.74) is 1.16. The van der Waals surface area contributed by atoms with E-state index in [1.54, 1.807) is 18.2 Å². The maximum Gasteiger partial charge on any atom is 0.307 e. The number of fused-ring (bicyclic) bond motifs is 1. The molecule has 0 saturated carbocycles. The van der Waals surface area contributed by atoms with E-state index in [2.05, 4.69) is 5.87 Å². The molecule has 2 unspecified atom stereocenters. The van der Waals surface area contributed by atoms with Gasteiger partial charge in [0.2, 0.25) is 0 Å². The van der Waals surface area contributed by atoms with E-state index in [-0.39, 0.29) is 11.4 Å². The highest BCUT2D eigenvalue weighted by molar-refractivity contribution is 7.99. The van der Waals surface area contributed by atoms with E-state index < -0.39 is 27.4 Å². The SMILES string of the molecule is C=S(C)(=O)c1ccc(C(O)c2cc(CC(=O)O)cc3ccc(F)cc23)c(Cl)c1. The molecule has 0 aliphatic heterocycles. The van der Waals surface area contributed by atoms with E-state index in [0.29, 0.717) is 32.4 Å². The number of aliphatic hydroxyl groups excluding tert-OH is 1. The second kappa shape index (κ2) is 7.54. The normalized spacial score (nSPS) is 14.6. The number of hydrogen-bond acceptors (Lipinski definition) is 3. The Kier molecular flexibility index (Phi) is 5.48. The van der Waals surface area contributed by atoms with Gasteiger partial charge < -0.3 is 10.2 Å². The fourth-order valence-electron chi connectivity index (χ4n) is 3.09. The highest BCUT2D eigenvalue weighted by Gasteiger charge is 2.19. The molecule has 3 aromatic carbocycles. The summed E-state index contributed by atoms with van der Waals surface area (Å²) in [4.78, 5) is 11.6. The largest absolute Gasteiger partial charge is 0.481 e. The van der Waals surface area contributed by atoms with E-state index >= 15 is 0 Å². The van der Waals surface area contributed by atoms with Gasteiger partial charge in [-0.2, -0.15) is 0 Å². The molecule has 0 saturated heterocycles. The van der Waals surface area contributed by atoms with E-state index in [1.807, 2.05) is 0 Å². The van der Waals surface area contributed by atoms with Crippen LogP contribution in [0.2, 0.25) is 5.02 Å². The third-order valence-electron chi connectivity index (χ3n) is 4.42. The Morgan fingerprint density at radius 2 is 1.89 bits per heavy atom. The molecule has 2 atom stereocenters. The van der Waals surface area contributed by atoms with Crippen LogP contribution in [0, 0.1) is 5.82 Å². The molecule has 0 fully saturated rings. The fourth-order valence-corrected chi connectivity index (χ4v) is 4.16. The van der Waals surface area contributed by atoms with Crippen molar-refractivity contribution in [1.29, 1.82) is 0 Å². The number of carboxylic acids is 1. The first-order valence-electron chi connectivity index (χ1n) is 8.30. The van der Waals surface area contributed by atoms with Crippen LogP contribution in [0.1, 0.15) is 22.8 Å². The number of carboxylic acid groups (broad SMARTS) is 1. The first kappa shape index (κ1) is 20.3. The van der Waals surface area contributed by atoms with Crippen LogP contribution in [0.25, 0.3) is 10.8 Å². The Labute approximate surface area is 167 Å². The van der Waals surface area contributed by atoms with Gasteiger partial charge >= 0.3 is 5.97 Å². The Hall–Kier alpha value is -2.41. The van der Waals surface area contributed by atoms with Crippen molar-refractivity contribution < 1.29 is 23.6 Å². The number of benzene rings is 3. The Morgan fingerprint density at radius 1 is 1.18 bits per heavy atom. The second-order valence-corrected chi connectivity index (χ2v) is 9.60. The summed E-state index contributed by atoms with van der Waals surface area (Å²) in [6.45, 7) is 0. The molecule has 3 rings (SSSR count). The lowest BCUT2D eigenvalue weighted by Gasteiger charge is -2.18. The Morgan fingerprint density at radius 3 is 2.50 bits per heavy atom. The van der Waals surface area contributed by atoms with Crippen LogP contribution in [0.15, 0.2) is 53.4 Å². The summed E-state index contributed by atoms with van der Waals surface area (Å²) in [5.74, 6) is 2.12. The monoisotopic (exact) mass is 420 g/mol. The average molecular weight is 421 g/mol. The molecule has 0 amide bonds. The molecule has 0 aliphatic rings. The molecule has 7 heteroatoms. The Bertz CT molecular complexity index is 1190. The highest BCUT2D eigenvalue weighted by Crippen LogP contribution is 2.35. The fraction of sp³-hybridized carbons (Fsp3) is 0.143. The molecule has 0 spiro atoms. The zero-order chi connectivity index (χ0) is 20.6. The lowest BCUT2D eigenvalue weighted by Crippen LogP contribution is -2.06. The first-order valence-corrected chi connectivity index (χ1v) is 10.8. The Balaban J connectivity index is 2.18. The number of carbonyl (C=O) groups is 1. The van der Waals surface area contributed by atoms with Gasteiger partial charge in [0, 0.05) is 21.7 Å². The molecule has 28 heavy (non-hydrogen) atoms. The highest BCUT2D eigenvalue weighted by atomic mass is 35.5. The van der Waals surface area contributed by atoms with Crippen LogP contribution in [0.4, 0.5) is 4.39 Å². The topological polar surface area (TPSA) is 74.6 Å². The smallest absolute Gasteiger partial charge is 0.307 e. The minimum atomic E-state index is -2.47. The molecule has 0 aliphatic carbocycles. The predicted molar refractivity (Wildman–Crippen MR) is 110 cm³/mol. The quantitative estimate of drug-likeness (QED) is 0.611. The summed E-state index contributed by atoms with van der Waals surface area (Å²) in [6, 6.07) is 11.9. The minimum Gasteiger partial charge on any atom is -0.481 e. The summed E-state index contributed by atoms with van der Waals surface area (Å²) in [7, 11) is -2.47. The first-order chi connectivity index (χ1) is 13.1. The van der Waals surface area contributed by atoms with Crippen molar-refractivity contribution in [3.05, 3.63) is 76.1 Å². The zero-order valence-corrected chi connectivity index (χ0v) is 16.6. The number of rotatable bonds is 5. The zero-order valence-electron chi connectivity index (χ0n) is 15.0. The van der Waals surface area contributed by atoms with Gasteiger partial charge in [0.15, 0.2) is 0 Å². The van der Waals surface area contributed by atoms with Gasteiger partial charge in [0.05, 0.1) is 6.42 Å². The van der Waals surface area contributed by atoms with Crippen molar-refractivity contribution in [1.82, 2.24) is 0 Å². The third-order valence-corrected chi connectivity index (χ3v) is 6.00. The molecule has 0 bridgehead atoms. The lowest BCUT2D eigenvalue weighted by molar-refractivity contribution is -0.136. The summed E-state index contributed by atoms with van der Waals surface area (Å²) in [6.07, 6.45) is 0.0248. The molecule has 0 radical (unpaired) electrons. The van der Waals surface area contributed by atoms with Crippen LogP contribution in [-0.4, -0.2) is 32.5 Å². The maximum atomic E-state index is 13.8. The number of aliphatic carboxylic acids is 1. The van der Waals surface area contributed by atoms with Crippen molar-refractivity contribution in [2.24, 2.45) is 0 Å².